The number of phenols is 1. The van der Waals surface area contributed by atoms with Crippen molar-refractivity contribution in [3.63, 3.8) is 0 Å². The van der Waals surface area contributed by atoms with Crippen molar-refractivity contribution < 1.29 is 10.0 Å². The van der Waals surface area contributed by atoms with Crippen LogP contribution in [-0.2, 0) is 0 Å². The molecule has 0 spiro atoms. The summed E-state index contributed by atoms with van der Waals surface area (Å²) < 4.78 is 0.549. The minimum atomic E-state index is -0.609. The zero-order valence-corrected chi connectivity index (χ0v) is 11.8. The summed E-state index contributed by atoms with van der Waals surface area (Å²) in [6, 6.07) is 2.53. The van der Waals surface area contributed by atoms with Crippen LogP contribution < -0.4 is 5.73 Å². The Balaban J connectivity index is 2.97. The first-order valence-electron chi connectivity index (χ1n) is 5.89. The lowest BCUT2D eigenvalue weighted by molar-refractivity contribution is -0.386. The highest BCUT2D eigenvalue weighted by atomic mass is 79.9. The number of nitrogens with zero attached hydrogens (tertiary/aromatic N) is 1. The standard InChI is InChI=1S/C12H17BrN2O3/c1-2-3-4-5-10(14)9-6-8(13)7-11(12(9)16)15(17)18/h6-7,10,16H,2-5,14H2,1H3/t10-/m0/s1. The van der Waals surface area contributed by atoms with E-state index in [4.69, 9.17) is 5.73 Å². The van der Waals surface area contributed by atoms with E-state index in [1.807, 2.05) is 0 Å². The number of nitrogens with two attached hydrogens (primary N) is 1. The van der Waals surface area contributed by atoms with Crippen molar-refractivity contribution in [3.8, 4) is 5.75 Å². The molecule has 0 heterocycles. The summed E-state index contributed by atoms with van der Waals surface area (Å²) in [5, 5.41) is 20.7. The Hall–Kier alpha value is -1.14. The average Bonchev–Trinajstić information content (AvgIpc) is 2.31. The normalized spacial score (nSPS) is 12.4. The molecule has 1 aromatic carbocycles. The van der Waals surface area contributed by atoms with Gasteiger partial charge in [0, 0.05) is 22.1 Å². The van der Waals surface area contributed by atoms with E-state index >= 15 is 0 Å². The van der Waals surface area contributed by atoms with Gasteiger partial charge in [0.05, 0.1) is 4.92 Å². The van der Waals surface area contributed by atoms with Crippen LogP contribution in [0.25, 0.3) is 0 Å². The number of halogens is 1. The number of rotatable bonds is 6. The molecule has 0 aliphatic heterocycles. The molecule has 0 aliphatic rings. The first-order chi connectivity index (χ1) is 8.47. The minimum Gasteiger partial charge on any atom is -0.502 e. The number of phenolic OH excluding ortho intramolecular Hbond substituents is 1. The fourth-order valence-corrected chi connectivity index (χ4v) is 2.26. The topological polar surface area (TPSA) is 89.4 Å². The van der Waals surface area contributed by atoms with Crippen molar-refractivity contribution in [2.45, 2.75) is 38.6 Å². The molecule has 3 N–H and O–H groups in total. The highest BCUT2D eigenvalue weighted by molar-refractivity contribution is 9.10. The van der Waals surface area contributed by atoms with Gasteiger partial charge in [0.25, 0.3) is 0 Å². The van der Waals surface area contributed by atoms with Gasteiger partial charge >= 0.3 is 5.69 Å². The molecule has 1 atom stereocenters. The van der Waals surface area contributed by atoms with Crippen LogP contribution in [0.1, 0.15) is 44.2 Å². The molecule has 0 bridgehead atoms. The van der Waals surface area contributed by atoms with Crippen LogP contribution in [-0.4, -0.2) is 10.0 Å². The number of aromatic hydroxyl groups is 1. The molecule has 0 aliphatic carbocycles. The van der Waals surface area contributed by atoms with Crippen molar-refractivity contribution in [1.29, 1.82) is 0 Å². The van der Waals surface area contributed by atoms with E-state index in [2.05, 4.69) is 22.9 Å². The molecule has 0 saturated carbocycles. The fraction of sp³-hybridized carbons (Fsp3) is 0.500. The number of hydrogen-bond donors (Lipinski definition) is 2. The molecular weight excluding hydrogens is 300 g/mol. The molecule has 0 amide bonds. The van der Waals surface area contributed by atoms with Gasteiger partial charge in [-0.3, -0.25) is 10.1 Å². The number of nitro benzene ring substituents is 1. The third-order valence-electron chi connectivity index (χ3n) is 2.80. The van der Waals surface area contributed by atoms with Crippen molar-refractivity contribution in [3.05, 3.63) is 32.3 Å². The van der Waals surface area contributed by atoms with Gasteiger partial charge in [0.2, 0.25) is 0 Å². The molecule has 6 heteroatoms. The van der Waals surface area contributed by atoms with Crippen LogP contribution in [0.15, 0.2) is 16.6 Å². The molecule has 0 saturated heterocycles. The van der Waals surface area contributed by atoms with Crippen LogP contribution in [0.4, 0.5) is 5.69 Å². The smallest absolute Gasteiger partial charge is 0.312 e. The molecule has 1 aromatic rings. The largest absolute Gasteiger partial charge is 0.502 e. The van der Waals surface area contributed by atoms with Crippen LogP contribution in [0.3, 0.4) is 0 Å². The van der Waals surface area contributed by atoms with Crippen LogP contribution >= 0.6 is 15.9 Å². The van der Waals surface area contributed by atoms with Gasteiger partial charge in [-0.25, -0.2) is 0 Å². The lowest BCUT2D eigenvalue weighted by Crippen LogP contribution is -2.11. The van der Waals surface area contributed by atoms with E-state index in [1.54, 1.807) is 6.07 Å². The maximum atomic E-state index is 10.8. The second kappa shape index (κ2) is 6.70. The maximum absolute atomic E-state index is 10.8. The summed E-state index contributed by atoms with van der Waals surface area (Å²) in [4.78, 5) is 10.2. The van der Waals surface area contributed by atoms with Crippen LogP contribution in [0.5, 0.6) is 5.75 Å². The van der Waals surface area contributed by atoms with Crippen molar-refractivity contribution in [2.24, 2.45) is 5.73 Å². The molecule has 0 aromatic heterocycles. The lowest BCUT2D eigenvalue weighted by atomic mass is 10.00. The molecule has 0 fully saturated rings. The van der Waals surface area contributed by atoms with E-state index in [-0.39, 0.29) is 17.5 Å². The third-order valence-corrected chi connectivity index (χ3v) is 3.26. The molecule has 1 rings (SSSR count). The Kier molecular flexibility index (Phi) is 5.55. The Morgan fingerprint density at radius 3 is 2.72 bits per heavy atom. The van der Waals surface area contributed by atoms with Crippen LogP contribution in [0, 0.1) is 10.1 Å². The Bertz CT molecular complexity index is 438. The first-order valence-corrected chi connectivity index (χ1v) is 6.69. The van der Waals surface area contributed by atoms with Gasteiger partial charge < -0.3 is 10.8 Å². The van der Waals surface area contributed by atoms with Crippen LogP contribution in [0.2, 0.25) is 0 Å². The number of benzene rings is 1. The van der Waals surface area contributed by atoms with Crippen molar-refractivity contribution in [1.82, 2.24) is 0 Å². The second-order valence-electron chi connectivity index (χ2n) is 4.22. The quantitative estimate of drug-likeness (QED) is 0.476. The molecule has 0 unspecified atom stereocenters. The lowest BCUT2D eigenvalue weighted by Gasteiger charge is -2.14. The van der Waals surface area contributed by atoms with Gasteiger partial charge in [0.15, 0.2) is 5.75 Å². The van der Waals surface area contributed by atoms with Gasteiger partial charge in [-0.05, 0) is 12.5 Å². The molecular formula is C12H17BrN2O3. The highest BCUT2D eigenvalue weighted by Gasteiger charge is 2.21. The number of nitro groups is 1. The summed E-state index contributed by atoms with van der Waals surface area (Å²) in [5.74, 6) is -0.327. The van der Waals surface area contributed by atoms with E-state index in [1.165, 1.54) is 6.07 Å². The van der Waals surface area contributed by atoms with Crippen molar-refractivity contribution in [2.75, 3.05) is 0 Å². The predicted molar refractivity (Wildman–Crippen MR) is 73.5 cm³/mol. The summed E-state index contributed by atoms with van der Waals surface area (Å²) >= 11 is 3.19. The fourth-order valence-electron chi connectivity index (χ4n) is 1.80. The van der Waals surface area contributed by atoms with Gasteiger partial charge in [-0.2, -0.15) is 0 Å². The monoisotopic (exact) mass is 316 g/mol. The van der Waals surface area contributed by atoms with Gasteiger partial charge in [-0.1, -0.05) is 42.1 Å². The summed E-state index contributed by atoms with van der Waals surface area (Å²) in [6.07, 6.45) is 3.79. The third kappa shape index (κ3) is 3.68. The van der Waals surface area contributed by atoms with E-state index in [0.717, 1.165) is 19.3 Å². The maximum Gasteiger partial charge on any atom is 0.312 e. The number of hydrogen-bond acceptors (Lipinski definition) is 4. The zero-order chi connectivity index (χ0) is 13.7. The molecule has 18 heavy (non-hydrogen) atoms. The molecule has 100 valence electrons. The average molecular weight is 317 g/mol. The molecule has 5 nitrogen and oxygen atoms in total. The van der Waals surface area contributed by atoms with Crippen molar-refractivity contribution >= 4 is 21.6 Å². The minimum absolute atomic E-state index is 0.315. The Morgan fingerprint density at radius 2 is 2.17 bits per heavy atom. The predicted octanol–water partition coefficient (Wildman–Crippen LogP) is 3.64. The Labute approximate surface area is 114 Å². The number of unbranched alkanes of at least 4 members (excludes halogenated alkanes) is 2. The van der Waals surface area contributed by atoms with Gasteiger partial charge in [-0.15, -0.1) is 0 Å². The van der Waals surface area contributed by atoms with E-state index in [9.17, 15) is 15.2 Å². The molecule has 0 radical (unpaired) electrons. The highest BCUT2D eigenvalue weighted by Crippen LogP contribution is 2.37. The van der Waals surface area contributed by atoms with Gasteiger partial charge in [0.1, 0.15) is 0 Å². The first kappa shape index (κ1) is 14.9. The Morgan fingerprint density at radius 1 is 1.50 bits per heavy atom. The van der Waals surface area contributed by atoms with E-state index in [0.29, 0.717) is 16.5 Å². The second-order valence-corrected chi connectivity index (χ2v) is 5.14. The summed E-state index contributed by atoms with van der Waals surface area (Å²) in [6.45, 7) is 2.09. The summed E-state index contributed by atoms with van der Waals surface area (Å²) in [7, 11) is 0. The van der Waals surface area contributed by atoms with E-state index < -0.39 is 4.92 Å². The zero-order valence-electron chi connectivity index (χ0n) is 10.2. The SMILES string of the molecule is CCCCC[C@H](N)c1cc(Br)cc([N+](=O)[O-])c1O. The summed E-state index contributed by atoms with van der Waals surface area (Å²) in [5.41, 5.74) is 6.08.